The lowest BCUT2D eigenvalue weighted by Gasteiger charge is -2.28. The summed E-state index contributed by atoms with van der Waals surface area (Å²) in [5, 5.41) is 3.00. The first-order valence-electron chi connectivity index (χ1n) is 9.65. The van der Waals surface area contributed by atoms with Crippen LogP contribution in [0.4, 0.5) is 5.13 Å². The van der Waals surface area contributed by atoms with Crippen LogP contribution in [0, 0.1) is 12.8 Å². The van der Waals surface area contributed by atoms with E-state index in [1.54, 1.807) is 13.0 Å². The number of Topliss-reactive ketones (excluding diaryl/α,β-unsaturated/α-hetero) is 1. The highest BCUT2D eigenvalue weighted by molar-refractivity contribution is 7.17. The average Bonchev–Trinajstić information content (AvgIpc) is 3.45. The fourth-order valence-corrected chi connectivity index (χ4v) is 4.93. The molecule has 2 aliphatic rings. The molecule has 1 aliphatic heterocycles. The smallest absolute Gasteiger partial charge is 0.328 e. The van der Waals surface area contributed by atoms with Crippen LogP contribution >= 0.6 is 11.3 Å². The summed E-state index contributed by atoms with van der Waals surface area (Å²) in [5.41, 5.74) is 0.896. The lowest BCUT2D eigenvalue weighted by Crippen LogP contribution is -2.45. The highest BCUT2D eigenvalue weighted by Gasteiger charge is 2.41. The van der Waals surface area contributed by atoms with Gasteiger partial charge in [-0.3, -0.25) is 19.7 Å². The summed E-state index contributed by atoms with van der Waals surface area (Å²) in [6.07, 6.45) is 3.06. The van der Waals surface area contributed by atoms with Crippen LogP contribution in [0.25, 0.3) is 0 Å². The molecule has 3 heterocycles. The summed E-state index contributed by atoms with van der Waals surface area (Å²) in [6, 6.07) is 0.966. The zero-order chi connectivity index (χ0) is 21.4. The predicted molar refractivity (Wildman–Crippen MR) is 106 cm³/mol. The van der Waals surface area contributed by atoms with Crippen LogP contribution in [0.5, 0.6) is 0 Å². The average molecular weight is 431 g/mol. The first kappa shape index (κ1) is 20.3. The van der Waals surface area contributed by atoms with Crippen molar-refractivity contribution in [2.45, 2.75) is 38.6 Å². The van der Waals surface area contributed by atoms with Crippen LogP contribution < -0.4 is 5.32 Å². The van der Waals surface area contributed by atoms with Gasteiger partial charge in [-0.05, 0) is 25.8 Å². The molecular formula is C20H21N3O6S. The second-order valence-electron chi connectivity index (χ2n) is 7.38. The van der Waals surface area contributed by atoms with Gasteiger partial charge in [0.15, 0.2) is 10.9 Å². The highest BCUT2D eigenvalue weighted by Crippen LogP contribution is 2.34. The van der Waals surface area contributed by atoms with Crippen LogP contribution in [-0.4, -0.2) is 53.1 Å². The molecule has 0 bridgehead atoms. The summed E-state index contributed by atoms with van der Waals surface area (Å²) >= 11 is 1.11. The molecule has 2 atom stereocenters. The number of carbonyl (C=O) groups is 4. The van der Waals surface area contributed by atoms with Crippen molar-refractivity contribution < 1.29 is 28.3 Å². The standard InChI is InChI=1S/C20H21N3O6S/c1-10-12(5-7-29-10)17(25)22-20-21-13-8-11(9-15(24)16(13)30-20)18(26)23-6-3-4-14(23)19(27)28-2/h5,7,11,14H,3-4,6,8-9H2,1-2H3,(H,21,22,25)/t11?,14-/m0/s1. The zero-order valence-electron chi connectivity index (χ0n) is 16.6. The third-order valence-corrected chi connectivity index (χ3v) is 6.56. The van der Waals surface area contributed by atoms with Crippen molar-refractivity contribution in [2.24, 2.45) is 5.92 Å². The number of aromatic nitrogens is 1. The molecule has 4 rings (SSSR count). The number of likely N-dealkylation sites (tertiary alicyclic amines) is 1. The first-order valence-corrected chi connectivity index (χ1v) is 10.5. The van der Waals surface area contributed by atoms with E-state index >= 15 is 0 Å². The number of ketones is 1. The maximum Gasteiger partial charge on any atom is 0.328 e. The Morgan fingerprint density at radius 2 is 2.13 bits per heavy atom. The first-order chi connectivity index (χ1) is 14.4. The number of carbonyl (C=O) groups excluding carboxylic acids is 4. The Balaban J connectivity index is 1.49. The van der Waals surface area contributed by atoms with E-state index in [4.69, 9.17) is 9.15 Å². The number of esters is 1. The molecule has 0 aromatic carbocycles. The summed E-state index contributed by atoms with van der Waals surface area (Å²) in [7, 11) is 1.30. The van der Waals surface area contributed by atoms with E-state index < -0.39 is 17.9 Å². The van der Waals surface area contributed by atoms with E-state index in [9.17, 15) is 19.2 Å². The van der Waals surface area contributed by atoms with Gasteiger partial charge in [-0.15, -0.1) is 0 Å². The van der Waals surface area contributed by atoms with E-state index in [1.807, 2.05) is 0 Å². The van der Waals surface area contributed by atoms with Crippen molar-refractivity contribution in [3.8, 4) is 0 Å². The van der Waals surface area contributed by atoms with Gasteiger partial charge in [0.25, 0.3) is 5.91 Å². The van der Waals surface area contributed by atoms with Gasteiger partial charge in [0, 0.05) is 19.4 Å². The van der Waals surface area contributed by atoms with Crippen molar-refractivity contribution in [3.63, 3.8) is 0 Å². The number of methoxy groups -OCH3 is 1. The minimum atomic E-state index is -0.595. The van der Waals surface area contributed by atoms with Gasteiger partial charge in [-0.25, -0.2) is 9.78 Å². The summed E-state index contributed by atoms with van der Waals surface area (Å²) < 4.78 is 9.94. The van der Waals surface area contributed by atoms with Crippen molar-refractivity contribution in [1.82, 2.24) is 9.88 Å². The molecule has 1 unspecified atom stereocenters. The van der Waals surface area contributed by atoms with Gasteiger partial charge in [-0.1, -0.05) is 11.3 Å². The summed E-state index contributed by atoms with van der Waals surface area (Å²) in [5.74, 6) is -1.30. The lowest BCUT2D eigenvalue weighted by molar-refractivity contribution is -0.152. The monoisotopic (exact) mass is 431 g/mol. The number of nitrogens with zero attached hydrogens (tertiary/aromatic N) is 2. The second-order valence-corrected chi connectivity index (χ2v) is 8.38. The van der Waals surface area contributed by atoms with Gasteiger partial charge in [0.05, 0.1) is 35.4 Å². The number of hydrogen-bond donors (Lipinski definition) is 1. The van der Waals surface area contributed by atoms with E-state index in [0.717, 1.165) is 17.8 Å². The van der Waals surface area contributed by atoms with Crippen LogP contribution in [0.15, 0.2) is 16.7 Å². The summed E-state index contributed by atoms with van der Waals surface area (Å²) in [4.78, 5) is 56.4. The SMILES string of the molecule is COC(=O)[C@@H]1CCCN1C(=O)C1CC(=O)c2sc(NC(=O)c3ccoc3C)nc2C1. The van der Waals surface area contributed by atoms with Crippen molar-refractivity contribution in [2.75, 3.05) is 19.0 Å². The highest BCUT2D eigenvalue weighted by atomic mass is 32.1. The number of rotatable bonds is 4. The van der Waals surface area contributed by atoms with Crippen LogP contribution in [0.2, 0.25) is 0 Å². The van der Waals surface area contributed by atoms with E-state index in [0.29, 0.717) is 46.4 Å². The molecule has 0 radical (unpaired) electrons. The Morgan fingerprint density at radius 3 is 2.83 bits per heavy atom. The van der Waals surface area contributed by atoms with Crippen LogP contribution in [0.1, 0.15) is 50.7 Å². The maximum absolute atomic E-state index is 13.0. The fraction of sp³-hybridized carbons (Fsp3) is 0.450. The Morgan fingerprint density at radius 1 is 1.33 bits per heavy atom. The maximum atomic E-state index is 13.0. The number of furan rings is 1. The summed E-state index contributed by atoms with van der Waals surface area (Å²) in [6.45, 7) is 2.15. The zero-order valence-corrected chi connectivity index (χ0v) is 17.4. The third kappa shape index (κ3) is 3.62. The predicted octanol–water partition coefficient (Wildman–Crippen LogP) is 2.21. The Bertz CT molecular complexity index is 1030. The van der Waals surface area contributed by atoms with Crippen LogP contribution in [0.3, 0.4) is 0 Å². The molecule has 10 heteroatoms. The van der Waals surface area contributed by atoms with Crippen molar-refractivity contribution in [3.05, 3.63) is 34.2 Å². The molecule has 1 N–H and O–H groups in total. The topological polar surface area (TPSA) is 119 Å². The second kappa shape index (κ2) is 8.02. The number of nitrogens with one attached hydrogen (secondary N) is 1. The number of thiazole rings is 1. The molecule has 1 aliphatic carbocycles. The number of ether oxygens (including phenoxy) is 1. The molecule has 30 heavy (non-hydrogen) atoms. The molecule has 9 nitrogen and oxygen atoms in total. The van der Waals surface area contributed by atoms with Gasteiger partial charge in [0.2, 0.25) is 5.91 Å². The number of amides is 2. The number of fused-ring (bicyclic) bond motifs is 1. The molecule has 0 saturated carbocycles. The molecule has 158 valence electrons. The van der Waals surface area contributed by atoms with Gasteiger partial charge < -0.3 is 14.1 Å². The minimum Gasteiger partial charge on any atom is -0.469 e. The normalized spacial score (nSPS) is 20.7. The number of hydrogen-bond acceptors (Lipinski definition) is 8. The Labute approximate surface area is 176 Å². The molecule has 2 aromatic heterocycles. The van der Waals surface area contributed by atoms with Gasteiger partial charge in [0.1, 0.15) is 11.8 Å². The molecular weight excluding hydrogens is 410 g/mol. The number of anilines is 1. The minimum absolute atomic E-state index is 0.0621. The van der Waals surface area contributed by atoms with E-state index in [2.05, 4.69) is 10.3 Å². The number of aryl methyl sites for hydroxylation is 1. The molecule has 0 spiro atoms. The quantitative estimate of drug-likeness (QED) is 0.737. The largest absolute Gasteiger partial charge is 0.469 e. The van der Waals surface area contributed by atoms with Gasteiger partial charge in [-0.2, -0.15) is 0 Å². The Hall–Kier alpha value is -3.01. The van der Waals surface area contributed by atoms with E-state index in [1.165, 1.54) is 18.3 Å². The third-order valence-electron chi connectivity index (χ3n) is 5.50. The fourth-order valence-electron chi connectivity index (χ4n) is 3.99. The van der Waals surface area contributed by atoms with E-state index in [-0.39, 0.29) is 24.0 Å². The lowest BCUT2D eigenvalue weighted by atomic mass is 9.88. The van der Waals surface area contributed by atoms with Crippen molar-refractivity contribution in [1.29, 1.82) is 0 Å². The molecule has 1 fully saturated rings. The molecule has 2 amide bonds. The molecule has 2 aromatic rings. The van der Waals surface area contributed by atoms with Crippen molar-refractivity contribution >= 4 is 40.0 Å². The Kier molecular flexibility index (Phi) is 5.42. The van der Waals surface area contributed by atoms with Gasteiger partial charge >= 0.3 is 5.97 Å². The van der Waals surface area contributed by atoms with Crippen LogP contribution in [-0.2, 0) is 20.7 Å². The molecule has 1 saturated heterocycles.